The summed E-state index contributed by atoms with van der Waals surface area (Å²) in [5, 5.41) is 13.9. The highest BCUT2D eigenvalue weighted by Crippen LogP contribution is 2.29. The molecule has 1 aromatic heterocycles. The molecule has 1 aliphatic rings. The highest BCUT2D eigenvalue weighted by molar-refractivity contribution is 5.97. The number of aromatic nitrogens is 1. The lowest BCUT2D eigenvalue weighted by Crippen LogP contribution is -2.38. The second-order valence-corrected chi connectivity index (χ2v) is 6.61. The van der Waals surface area contributed by atoms with Gasteiger partial charge >= 0.3 is 12.1 Å². The van der Waals surface area contributed by atoms with Crippen LogP contribution in [0, 0.1) is 12.7 Å². The molecule has 6 nitrogen and oxygen atoms in total. The molecule has 0 aliphatic carbocycles. The number of benzene rings is 1. The van der Waals surface area contributed by atoms with Crippen molar-refractivity contribution in [1.82, 2.24) is 9.58 Å². The first-order chi connectivity index (χ1) is 13.0. The van der Waals surface area contributed by atoms with Crippen LogP contribution in [0.1, 0.15) is 24.1 Å². The average molecular weight is 399 g/mol. The number of alkyl halides is 3. The van der Waals surface area contributed by atoms with E-state index in [9.17, 15) is 27.2 Å². The number of aliphatic carboxylic acids is 1. The SMILES string of the molecule is Cc1c(CC2=NN(CC(F)(F)F)C(=O)CC2)c2cc(F)ccc2n1CC(=O)O. The van der Waals surface area contributed by atoms with Gasteiger partial charge in [0.05, 0.1) is 0 Å². The van der Waals surface area contributed by atoms with Crippen LogP contribution in [-0.2, 0) is 22.6 Å². The summed E-state index contributed by atoms with van der Waals surface area (Å²) in [7, 11) is 0. The molecule has 0 fully saturated rings. The summed E-state index contributed by atoms with van der Waals surface area (Å²) >= 11 is 0. The van der Waals surface area contributed by atoms with Crippen molar-refractivity contribution in [1.29, 1.82) is 0 Å². The highest BCUT2D eigenvalue weighted by Gasteiger charge is 2.35. The van der Waals surface area contributed by atoms with E-state index in [1.54, 1.807) is 6.92 Å². The summed E-state index contributed by atoms with van der Waals surface area (Å²) in [6, 6.07) is 3.94. The summed E-state index contributed by atoms with van der Waals surface area (Å²) in [6.45, 7) is -0.138. The number of nitrogens with zero attached hydrogens (tertiary/aromatic N) is 3. The molecule has 1 aliphatic heterocycles. The summed E-state index contributed by atoms with van der Waals surface area (Å²) in [5.74, 6) is -2.30. The Hall–Kier alpha value is -2.91. The molecule has 2 heterocycles. The molecule has 3 rings (SSSR count). The second kappa shape index (κ2) is 7.25. The van der Waals surface area contributed by atoms with Gasteiger partial charge in [0.1, 0.15) is 18.9 Å². The Balaban J connectivity index is 2.01. The predicted octanol–water partition coefficient (Wildman–Crippen LogP) is 3.26. The minimum absolute atomic E-state index is 0.0973. The fourth-order valence-electron chi connectivity index (χ4n) is 3.36. The number of rotatable bonds is 5. The summed E-state index contributed by atoms with van der Waals surface area (Å²) in [6.07, 6.45) is -4.39. The number of hydrogen-bond acceptors (Lipinski definition) is 3. The minimum atomic E-state index is -4.57. The number of amides is 1. The second-order valence-electron chi connectivity index (χ2n) is 6.61. The fourth-order valence-corrected chi connectivity index (χ4v) is 3.36. The number of carboxylic acids is 1. The number of halogens is 4. The number of carbonyl (C=O) groups is 2. The van der Waals surface area contributed by atoms with Crippen LogP contribution in [0.3, 0.4) is 0 Å². The Bertz CT molecular complexity index is 979. The van der Waals surface area contributed by atoms with Gasteiger partial charge < -0.3 is 9.67 Å². The van der Waals surface area contributed by atoms with Crippen molar-refractivity contribution in [2.24, 2.45) is 5.10 Å². The van der Waals surface area contributed by atoms with Gasteiger partial charge in [0, 0.05) is 35.2 Å². The van der Waals surface area contributed by atoms with E-state index in [0.29, 0.717) is 32.9 Å². The first-order valence-electron chi connectivity index (χ1n) is 8.47. The Morgan fingerprint density at radius 1 is 1.29 bits per heavy atom. The molecule has 150 valence electrons. The Morgan fingerprint density at radius 2 is 2.00 bits per heavy atom. The lowest BCUT2D eigenvalue weighted by Gasteiger charge is -2.24. The quantitative estimate of drug-likeness (QED) is 0.785. The minimum Gasteiger partial charge on any atom is -0.480 e. The normalized spacial score (nSPS) is 15.2. The van der Waals surface area contributed by atoms with Crippen LogP contribution in [0.15, 0.2) is 23.3 Å². The maximum absolute atomic E-state index is 13.8. The first kappa shape index (κ1) is 19.8. The van der Waals surface area contributed by atoms with E-state index in [1.807, 2.05) is 0 Å². The van der Waals surface area contributed by atoms with Gasteiger partial charge in [0.25, 0.3) is 0 Å². The van der Waals surface area contributed by atoms with Crippen LogP contribution in [0.2, 0.25) is 0 Å². The van der Waals surface area contributed by atoms with Crippen molar-refractivity contribution in [3.63, 3.8) is 0 Å². The average Bonchev–Trinajstić information content (AvgIpc) is 2.81. The van der Waals surface area contributed by atoms with Gasteiger partial charge in [-0.1, -0.05) is 0 Å². The number of carbonyl (C=O) groups excluding carboxylic acids is 1. The van der Waals surface area contributed by atoms with Crippen LogP contribution in [0.4, 0.5) is 17.6 Å². The third kappa shape index (κ3) is 4.15. The van der Waals surface area contributed by atoms with Crippen LogP contribution in [-0.4, -0.2) is 45.0 Å². The molecule has 1 amide bonds. The largest absolute Gasteiger partial charge is 0.480 e. The van der Waals surface area contributed by atoms with Crippen molar-refractivity contribution in [2.45, 2.75) is 38.9 Å². The predicted molar refractivity (Wildman–Crippen MR) is 92.4 cm³/mol. The van der Waals surface area contributed by atoms with Crippen LogP contribution >= 0.6 is 0 Å². The van der Waals surface area contributed by atoms with Gasteiger partial charge in [-0.2, -0.15) is 18.3 Å². The standard InChI is InChI=1S/C18H17F4N3O3/c1-10-13(7-12-3-5-16(26)25(23-12)9-18(20,21)22)14-6-11(19)2-4-15(14)24(10)8-17(27)28/h2,4,6H,3,5,7-9H2,1H3,(H,27,28). The van der Waals surface area contributed by atoms with E-state index in [-0.39, 0.29) is 25.8 Å². The summed E-state index contributed by atoms with van der Waals surface area (Å²) in [4.78, 5) is 22.9. The van der Waals surface area contributed by atoms with Gasteiger partial charge in [-0.15, -0.1) is 0 Å². The molecule has 0 saturated heterocycles. The van der Waals surface area contributed by atoms with Crippen molar-refractivity contribution in [3.8, 4) is 0 Å². The number of hydrogen-bond donors (Lipinski definition) is 1. The lowest BCUT2D eigenvalue weighted by molar-refractivity contribution is -0.161. The molecule has 0 bridgehead atoms. The number of carboxylic acid groups (broad SMARTS) is 1. The zero-order valence-electron chi connectivity index (χ0n) is 14.9. The fraction of sp³-hybridized carbons (Fsp3) is 0.389. The first-order valence-corrected chi connectivity index (χ1v) is 8.47. The van der Waals surface area contributed by atoms with Crippen molar-refractivity contribution in [2.75, 3.05) is 6.54 Å². The van der Waals surface area contributed by atoms with Crippen molar-refractivity contribution < 1.29 is 32.3 Å². The lowest BCUT2D eigenvalue weighted by atomic mass is 10.0. The van der Waals surface area contributed by atoms with E-state index in [4.69, 9.17) is 5.11 Å². The van der Waals surface area contributed by atoms with Crippen LogP contribution < -0.4 is 0 Å². The van der Waals surface area contributed by atoms with E-state index in [0.717, 1.165) is 0 Å². The number of hydrazone groups is 1. The maximum Gasteiger partial charge on any atom is 0.408 e. The molecule has 0 unspecified atom stereocenters. The van der Waals surface area contributed by atoms with Crippen LogP contribution in [0.5, 0.6) is 0 Å². The molecule has 0 atom stereocenters. The molecule has 10 heteroatoms. The molecule has 0 spiro atoms. The molecular weight excluding hydrogens is 382 g/mol. The van der Waals surface area contributed by atoms with Gasteiger partial charge in [0.15, 0.2) is 0 Å². The molecule has 0 radical (unpaired) electrons. The molecular formula is C18H17F4N3O3. The zero-order chi connectivity index (χ0) is 20.6. The molecule has 2 aromatic rings. The highest BCUT2D eigenvalue weighted by atomic mass is 19.4. The monoisotopic (exact) mass is 399 g/mol. The molecule has 1 N–H and O–H groups in total. The van der Waals surface area contributed by atoms with Gasteiger partial charge in [-0.05, 0) is 37.1 Å². The smallest absolute Gasteiger partial charge is 0.408 e. The van der Waals surface area contributed by atoms with E-state index in [1.165, 1.54) is 22.8 Å². The zero-order valence-corrected chi connectivity index (χ0v) is 14.9. The van der Waals surface area contributed by atoms with Crippen LogP contribution in [0.25, 0.3) is 10.9 Å². The molecule has 1 aromatic carbocycles. The number of fused-ring (bicyclic) bond motifs is 1. The van der Waals surface area contributed by atoms with Gasteiger partial charge in [-0.25, -0.2) is 9.40 Å². The van der Waals surface area contributed by atoms with E-state index in [2.05, 4.69) is 5.10 Å². The Labute approximate surface area is 157 Å². The third-order valence-corrected chi connectivity index (χ3v) is 4.60. The van der Waals surface area contributed by atoms with E-state index < -0.39 is 30.4 Å². The Morgan fingerprint density at radius 3 is 2.64 bits per heavy atom. The topological polar surface area (TPSA) is 74.9 Å². The maximum atomic E-state index is 13.8. The van der Waals surface area contributed by atoms with E-state index >= 15 is 0 Å². The molecule has 28 heavy (non-hydrogen) atoms. The third-order valence-electron chi connectivity index (χ3n) is 4.60. The molecule has 0 saturated carbocycles. The van der Waals surface area contributed by atoms with Gasteiger partial charge in [0.2, 0.25) is 5.91 Å². The van der Waals surface area contributed by atoms with Crippen molar-refractivity contribution >= 4 is 28.5 Å². The Kier molecular flexibility index (Phi) is 5.14. The van der Waals surface area contributed by atoms with Gasteiger partial charge in [-0.3, -0.25) is 9.59 Å². The summed E-state index contributed by atoms with van der Waals surface area (Å²) < 4.78 is 53.2. The van der Waals surface area contributed by atoms with Crippen molar-refractivity contribution in [3.05, 3.63) is 35.3 Å². The summed E-state index contributed by atoms with van der Waals surface area (Å²) in [5.41, 5.74) is 2.00.